The molecule has 1 saturated carbocycles. The van der Waals surface area contributed by atoms with Crippen LogP contribution in [-0.4, -0.2) is 6.17 Å². The first-order chi connectivity index (χ1) is 6.74. The zero-order chi connectivity index (χ0) is 10.0. The lowest BCUT2D eigenvalue weighted by atomic mass is 9.73. The second-order valence-electron chi connectivity index (χ2n) is 5.11. The van der Waals surface area contributed by atoms with Gasteiger partial charge in [0.1, 0.15) is 6.17 Å². The van der Waals surface area contributed by atoms with Gasteiger partial charge in [0.15, 0.2) is 0 Å². The van der Waals surface area contributed by atoms with Gasteiger partial charge < -0.3 is 0 Å². The zero-order valence-electron chi connectivity index (χ0n) is 9.19. The van der Waals surface area contributed by atoms with E-state index in [0.717, 1.165) is 19.3 Å². The summed E-state index contributed by atoms with van der Waals surface area (Å²) >= 11 is 0. The number of allylic oxidation sites excluding steroid dienone is 2. The Morgan fingerprint density at radius 3 is 3.14 bits per heavy atom. The van der Waals surface area contributed by atoms with E-state index >= 15 is 0 Å². The van der Waals surface area contributed by atoms with E-state index in [4.69, 9.17) is 0 Å². The Balaban J connectivity index is 2.22. The third-order valence-electron chi connectivity index (χ3n) is 4.21. The van der Waals surface area contributed by atoms with Crippen LogP contribution in [0.2, 0.25) is 0 Å². The second kappa shape index (κ2) is 4.04. The average Bonchev–Trinajstić information content (AvgIpc) is 2.25. The van der Waals surface area contributed by atoms with Crippen molar-refractivity contribution in [3.05, 3.63) is 11.6 Å². The van der Waals surface area contributed by atoms with Gasteiger partial charge in [-0.15, -0.1) is 0 Å². The number of rotatable bonds is 1. The van der Waals surface area contributed by atoms with E-state index in [-0.39, 0.29) is 0 Å². The lowest BCUT2D eigenvalue weighted by molar-refractivity contribution is 0.154. The van der Waals surface area contributed by atoms with E-state index in [2.05, 4.69) is 13.0 Å². The van der Waals surface area contributed by atoms with Crippen LogP contribution in [-0.2, 0) is 0 Å². The van der Waals surface area contributed by atoms with Crippen molar-refractivity contribution in [1.82, 2.24) is 0 Å². The molecule has 0 nitrogen and oxygen atoms in total. The van der Waals surface area contributed by atoms with Crippen LogP contribution in [0, 0.1) is 5.41 Å². The topological polar surface area (TPSA) is 0 Å². The number of hydrogen-bond donors (Lipinski definition) is 0. The van der Waals surface area contributed by atoms with Gasteiger partial charge in [0.05, 0.1) is 0 Å². The van der Waals surface area contributed by atoms with Crippen LogP contribution in [0.25, 0.3) is 0 Å². The highest BCUT2D eigenvalue weighted by Gasteiger charge is 2.34. The minimum absolute atomic E-state index is 0.343. The second-order valence-corrected chi connectivity index (χ2v) is 5.11. The van der Waals surface area contributed by atoms with Crippen molar-refractivity contribution in [2.75, 3.05) is 0 Å². The Morgan fingerprint density at radius 1 is 1.50 bits per heavy atom. The molecule has 1 unspecified atom stereocenters. The van der Waals surface area contributed by atoms with Gasteiger partial charge in [0.25, 0.3) is 0 Å². The fraction of sp³-hybridized carbons (Fsp3) is 0.846. The van der Waals surface area contributed by atoms with Gasteiger partial charge in [-0.2, -0.15) is 0 Å². The maximum absolute atomic E-state index is 13.7. The first-order valence-electron chi connectivity index (χ1n) is 6.06. The van der Waals surface area contributed by atoms with Gasteiger partial charge in [-0.05, 0) is 50.4 Å². The lowest BCUT2D eigenvalue weighted by Crippen LogP contribution is -2.22. The smallest absolute Gasteiger partial charge is 0.104 e. The molecule has 14 heavy (non-hydrogen) atoms. The summed E-state index contributed by atoms with van der Waals surface area (Å²) in [6.45, 7) is 2.24. The molecule has 1 heteroatoms. The molecule has 2 atom stereocenters. The van der Waals surface area contributed by atoms with Crippen LogP contribution < -0.4 is 0 Å². The van der Waals surface area contributed by atoms with Gasteiger partial charge in [-0.25, -0.2) is 4.39 Å². The summed E-state index contributed by atoms with van der Waals surface area (Å²) in [5.41, 5.74) is 1.74. The Labute approximate surface area is 86.6 Å². The van der Waals surface area contributed by atoms with Crippen LogP contribution in [0.1, 0.15) is 58.3 Å². The molecule has 0 spiro atoms. The van der Waals surface area contributed by atoms with Gasteiger partial charge in [-0.3, -0.25) is 0 Å². The Kier molecular flexibility index (Phi) is 2.94. The SMILES string of the molecule is CCC12CCCC=C(CC1)C[C@H](F)C2. The molecular weight excluding hydrogens is 175 g/mol. The summed E-state index contributed by atoms with van der Waals surface area (Å²) < 4.78 is 13.7. The molecule has 2 bridgehead atoms. The third kappa shape index (κ3) is 2.02. The van der Waals surface area contributed by atoms with Gasteiger partial charge >= 0.3 is 0 Å². The van der Waals surface area contributed by atoms with E-state index in [1.54, 1.807) is 0 Å². The van der Waals surface area contributed by atoms with Crippen LogP contribution in [0.3, 0.4) is 0 Å². The molecule has 0 radical (unpaired) electrons. The van der Waals surface area contributed by atoms with Crippen LogP contribution in [0.4, 0.5) is 4.39 Å². The third-order valence-corrected chi connectivity index (χ3v) is 4.21. The van der Waals surface area contributed by atoms with Crippen molar-refractivity contribution in [3.8, 4) is 0 Å². The molecule has 0 N–H and O–H groups in total. The summed E-state index contributed by atoms with van der Waals surface area (Å²) in [6.07, 6.45) is 10.5. The predicted molar refractivity (Wildman–Crippen MR) is 58.0 cm³/mol. The highest BCUT2D eigenvalue weighted by atomic mass is 19.1. The normalized spacial score (nSPS) is 38.4. The quantitative estimate of drug-likeness (QED) is 0.545. The minimum atomic E-state index is -0.568. The first-order valence-corrected chi connectivity index (χ1v) is 6.06. The van der Waals surface area contributed by atoms with Gasteiger partial charge in [0.2, 0.25) is 0 Å². The molecule has 0 aliphatic heterocycles. The molecule has 0 amide bonds. The maximum atomic E-state index is 13.7. The highest BCUT2D eigenvalue weighted by Crippen LogP contribution is 2.45. The number of fused-ring (bicyclic) bond motifs is 3. The van der Waals surface area contributed by atoms with E-state index in [1.807, 2.05) is 0 Å². The molecule has 0 aromatic heterocycles. The summed E-state index contributed by atoms with van der Waals surface area (Å²) in [5.74, 6) is 0. The maximum Gasteiger partial charge on any atom is 0.104 e. The molecule has 0 saturated heterocycles. The Hall–Kier alpha value is -0.330. The molecule has 0 aromatic carbocycles. The Bertz CT molecular complexity index is 231. The summed E-state index contributed by atoms with van der Waals surface area (Å²) in [7, 11) is 0. The van der Waals surface area contributed by atoms with Crippen molar-refractivity contribution in [1.29, 1.82) is 0 Å². The number of alkyl halides is 1. The number of halogens is 1. The molecule has 0 aromatic rings. The fourth-order valence-corrected chi connectivity index (χ4v) is 3.15. The molecule has 0 heterocycles. The van der Waals surface area contributed by atoms with Crippen LogP contribution in [0.15, 0.2) is 11.6 Å². The number of hydrogen-bond acceptors (Lipinski definition) is 0. The van der Waals surface area contributed by atoms with Crippen molar-refractivity contribution in [2.45, 2.75) is 64.5 Å². The van der Waals surface area contributed by atoms with E-state index in [0.29, 0.717) is 5.41 Å². The zero-order valence-corrected chi connectivity index (χ0v) is 9.19. The summed E-state index contributed by atoms with van der Waals surface area (Å²) in [6, 6.07) is 0. The van der Waals surface area contributed by atoms with Gasteiger partial charge in [0, 0.05) is 0 Å². The largest absolute Gasteiger partial charge is 0.247 e. The minimum Gasteiger partial charge on any atom is -0.247 e. The van der Waals surface area contributed by atoms with Crippen molar-refractivity contribution in [2.24, 2.45) is 5.41 Å². The van der Waals surface area contributed by atoms with Crippen molar-refractivity contribution < 1.29 is 4.39 Å². The molecule has 2 aliphatic carbocycles. The molecule has 2 aliphatic rings. The van der Waals surface area contributed by atoms with E-state index in [1.165, 1.54) is 37.7 Å². The highest BCUT2D eigenvalue weighted by molar-refractivity contribution is 5.09. The average molecular weight is 196 g/mol. The van der Waals surface area contributed by atoms with Crippen molar-refractivity contribution in [3.63, 3.8) is 0 Å². The fourth-order valence-electron chi connectivity index (χ4n) is 3.15. The standard InChI is InChI=1S/C13H21F/c1-2-13-7-4-3-5-11(6-8-13)9-12(14)10-13/h5,12H,2-4,6-10H2,1H3/t12-,13?/m0/s1. The van der Waals surface area contributed by atoms with Crippen molar-refractivity contribution >= 4 is 0 Å². The predicted octanol–water partition coefficient (Wildman–Crippen LogP) is 4.41. The molecular formula is C13H21F. The summed E-state index contributed by atoms with van der Waals surface area (Å²) in [5, 5.41) is 0. The first kappa shape index (κ1) is 10.2. The van der Waals surface area contributed by atoms with Crippen LogP contribution >= 0.6 is 0 Å². The monoisotopic (exact) mass is 196 g/mol. The van der Waals surface area contributed by atoms with Crippen LogP contribution in [0.5, 0.6) is 0 Å². The van der Waals surface area contributed by atoms with Gasteiger partial charge in [-0.1, -0.05) is 25.0 Å². The van der Waals surface area contributed by atoms with E-state index < -0.39 is 6.17 Å². The molecule has 2 rings (SSSR count). The summed E-state index contributed by atoms with van der Waals surface area (Å²) in [4.78, 5) is 0. The lowest BCUT2D eigenvalue weighted by Gasteiger charge is -2.32. The molecule has 80 valence electrons. The Morgan fingerprint density at radius 2 is 2.36 bits per heavy atom. The molecule has 1 fully saturated rings. The van der Waals surface area contributed by atoms with E-state index in [9.17, 15) is 4.39 Å².